The molecule has 0 amide bonds. The number of hydrogen-bond donors (Lipinski definition) is 0. The van der Waals surface area contributed by atoms with Gasteiger partial charge < -0.3 is 9.31 Å². The van der Waals surface area contributed by atoms with Crippen LogP contribution in [0.3, 0.4) is 0 Å². The van der Waals surface area contributed by atoms with Gasteiger partial charge in [-0.15, -0.1) is 11.3 Å². The number of hydrogen-bond acceptors (Lipinski definition) is 3. The molecule has 1 aliphatic carbocycles. The van der Waals surface area contributed by atoms with E-state index in [1.165, 1.54) is 10.5 Å². The summed E-state index contributed by atoms with van der Waals surface area (Å²) in [5, 5.41) is 0. The lowest BCUT2D eigenvalue weighted by molar-refractivity contribution is 0.00578. The van der Waals surface area contributed by atoms with E-state index in [9.17, 15) is 0 Å². The molecule has 100 valence electrons. The van der Waals surface area contributed by atoms with Crippen molar-refractivity contribution in [3.05, 3.63) is 35.2 Å². The largest absolute Gasteiger partial charge is 0.505 e. The van der Waals surface area contributed by atoms with Crippen LogP contribution in [0, 0.1) is 0 Å². The highest BCUT2D eigenvalue weighted by atomic mass is 32.1. The Hall–Kier alpha value is -0.835. The van der Waals surface area contributed by atoms with Crippen LogP contribution >= 0.6 is 11.3 Å². The van der Waals surface area contributed by atoms with Gasteiger partial charge >= 0.3 is 7.12 Å². The van der Waals surface area contributed by atoms with E-state index < -0.39 is 0 Å². The Kier molecular flexibility index (Phi) is 3.00. The third kappa shape index (κ3) is 2.22. The maximum Gasteiger partial charge on any atom is 0.505 e. The summed E-state index contributed by atoms with van der Waals surface area (Å²) in [5.74, 6) is 0. The minimum Gasteiger partial charge on any atom is -0.399 e. The zero-order valence-electron chi connectivity index (χ0n) is 11.9. The molecule has 19 heavy (non-hydrogen) atoms. The average molecular weight is 274 g/mol. The average Bonchev–Trinajstić information content (AvgIpc) is 3.00. The molecule has 2 nitrogen and oxygen atoms in total. The summed E-state index contributed by atoms with van der Waals surface area (Å²) in [6, 6.07) is 4.30. The first-order chi connectivity index (χ1) is 8.89. The Morgan fingerprint density at radius 2 is 1.79 bits per heavy atom. The van der Waals surface area contributed by atoms with E-state index >= 15 is 0 Å². The SMILES string of the molecule is CC1(C)OB(c2ccc(C3=CC=CC3)s2)OC1(C)C. The molecule has 0 bridgehead atoms. The van der Waals surface area contributed by atoms with Gasteiger partial charge in [0.1, 0.15) is 0 Å². The van der Waals surface area contributed by atoms with Crippen molar-refractivity contribution < 1.29 is 9.31 Å². The molecule has 0 N–H and O–H groups in total. The summed E-state index contributed by atoms with van der Waals surface area (Å²) in [6.07, 6.45) is 7.51. The predicted molar refractivity (Wildman–Crippen MR) is 81.8 cm³/mol. The van der Waals surface area contributed by atoms with Crippen LogP contribution in [-0.2, 0) is 9.31 Å². The molecule has 1 aromatic rings. The first-order valence-corrected chi connectivity index (χ1v) is 7.52. The summed E-state index contributed by atoms with van der Waals surface area (Å²) >= 11 is 1.77. The van der Waals surface area contributed by atoms with E-state index in [1.807, 2.05) is 0 Å². The number of allylic oxidation sites excluding steroid dienone is 4. The van der Waals surface area contributed by atoms with E-state index in [-0.39, 0.29) is 18.3 Å². The quantitative estimate of drug-likeness (QED) is 0.770. The third-order valence-corrected chi connectivity index (χ3v) is 5.38. The van der Waals surface area contributed by atoms with Crippen molar-refractivity contribution in [2.45, 2.75) is 45.3 Å². The van der Waals surface area contributed by atoms with Crippen molar-refractivity contribution in [3.8, 4) is 0 Å². The van der Waals surface area contributed by atoms with Crippen molar-refractivity contribution in [2.24, 2.45) is 0 Å². The Bertz CT molecular complexity index is 538. The normalized spacial score (nSPS) is 24.0. The Labute approximate surface area is 119 Å². The van der Waals surface area contributed by atoms with Gasteiger partial charge in [-0.3, -0.25) is 0 Å². The predicted octanol–water partition coefficient (Wildman–Crippen LogP) is 3.39. The van der Waals surface area contributed by atoms with Crippen LogP contribution in [0.25, 0.3) is 5.57 Å². The van der Waals surface area contributed by atoms with Crippen LogP contribution in [0.5, 0.6) is 0 Å². The van der Waals surface area contributed by atoms with Gasteiger partial charge in [-0.1, -0.05) is 24.3 Å². The molecule has 0 unspecified atom stereocenters. The lowest BCUT2D eigenvalue weighted by Gasteiger charge is -2.32. The minimum atomic E-state index is -0.268. The molecule has 2 heterocycles. The molecule has 2 aliphatic rings. The van der Waals surface area contributed by atoms with Crippen LogP contribution in [0.2, 0.25) is 0 Å². The van der Waals surface area contributed by atoms with Crippen LogP contribution in [0.1, 0.15) is 39.0 Å². The van der Waals surface area contributed by atoms with Crippen molar-refractivity contribution in [1.29, 1.82) is 0 Å². The topological polar surface area (TPSA) is 18.5 Å². The first-order valence-electron chi connectivity index (χ1n) is 6.70. The van der Waals surface area contributed by atoms with Crippen LogP contribution < -0.4 is 4.78 Å². The summed E-state index contributed by atoms with van der Waals surface area (Å²) in [7, 11) is -0.237. The molecule has 3 rings (SSSR count). The Morgan fingerprint density at radius 3 is 2.37 bits per heavy atom. The maximum atomic E-state index is 6.08. The van der Waals surface area contributed by atoms with Crippen LogP contribution in [0.15, 0.2) is 30.4 Å². The van der Waals surface area contributed by atoms with Crippen molar-refractivity contribution in [3.63, 3.8) is 0 Å². The molecule has 4 heteroatoms. The highest BCUT2D eigenvalue weighted by Gasteiger charge is 2.52. The molecule has 1 aliphatic heterocycles. The van der Waals surface area contributed by atoms with Crippen LogP contribution in [-0.4, -0.2) is 18.3 Å². The van der Waals surface area contributed by atoms with Gasteiger partial charge in [-0.2, -0.15) is 0 Å². The maximum absolute atomic E-state index is 6.08. The first kappa shape index (κ1) is 13.2. The highest BCUT2D eigenvalue weighted by Crippen LogP contribution is 2.37. The van der Waals surface area contributed by atoms with Gasteiger partial charge in [0.25, 0.3) is 0 Å². The molecule has 0 saturated carbocycles. The summed E-state index contributed by atoms with van der Waals surface area (Å²) < 4.78 is 13.3. The molecule has 0 atom stereocenters. The van der Waals surface area contributed by atoms with Crippen molar-refractivity contribution in [1.82, 2.24) is 0 Å². The fraction of sp³-hybridized carbons (Fsp3) is 0.467. The van der Waals surface area contributed by atoms with Gasteiger partial charge in [-0.25, -0.2) is 0 Å². The van der Waals surface area contributed by atoms with Gasteiger partial charge in [-0.05, 0) is 45.8 Å². The molecular weight excluding hydrogens is 255 g/mol. The lowest BCUT2D eigenvalue weighted by atomic mass is 9.88. The van der Waals surface area contributed by atoms with E-state index in [4.69, 9.17) is 9.31 Å². The van der Waals surface area contributed by atoms with E-state index in [0.29, 0.717) is 0 Å². The second-order valence-corrected chi connectivity index (χ2v) is 7.23. The fourth-order valence-corrected chi connectivity index (χ4v) is 3.24. The van der Waals surface area contributed by atoms with E-state index in [0.717, 1.165) is 11.2 Å². The number of rotatable bonds is 2. The smallest absolute Gasteiger partial charge is 0.399 e. The summed E-state index contributed by atoms with van der Waals surface area (Å²) in [4.78, 5) is 1.31. The zero-order chi connectivity index (χ0) is 13.7. The fourth-order valence-electron chi connectivity index (χ4n) is 2.24. The van der Waals surface area contributed by atoms with Gasteiger partial charge in [0, 0.05) is 9.65 Å². The van der Waals surface area contributed by atoms with Crippen LogP contribution in [0.4, 0.5) is 0 Å². The lowest BCUT2D eigenvalue weighted by Crippen LogP contribution is -2.41. The second kappa shape index (κ2) is 4.34. The Balaban J connectivity index is 1.81. The molecule has 1 fully saturated rings. The van der Waals surface area contributed by atoms with E-state index in [1.54, 1.807) is 11.3 Å². The second-order valence-electron chi connectivity index (χ2n) is 6.11. The minimum absolute atomic E-state index is 0.237. The zero-order valence-corrected chi connectivity index (χ0v) is 12.7. The van der Waals surface area contributed by atoms with Crippen molar-refractivity contribution >= 4 is 28.8 Å². The molecule has 1 aromatic heterocycles. The molecule has 0 spiro atoms. The van der Waals surface area contributed by atoms with Gasteiger partial charge in [0.15, 0.2) is 0 Å². The molecule has 0 aromatic carbocycles. The van der Waals surface area contributed by atoms with Crippen molar-refractivity contribution in [2.75, 3.05) is 0 Å². The summed E-state index contributed by atoms with van der Waals surface area (Å²) in [5.41, 5.74) is 0.846. The molecular formula is C15H19BO2S. The monoisotopic (exact) mass is 274 g/mol. The third-order valence-electron chi connectivity index (χ3n) is 4.20. The standard InChI is InChI=1S/C15H19BO2S/c1-14(2)15(3,4)18-16(17-14)13-10-9-12(19-13)11-7-5-6-8-11/h5-7,9-10H,8H2,1-4H3. The summed E-state index contributed by atoms with van der Waals surface area (Å²) in [6.45, 7) is 8.35. The van der Waals surface area contributed by atoms with E-state index in [2.05, 4.69) is 58.1 Å². The van der Waals surface area contributed by atoms with Gasteiger partial charge in [0.05, 0.1) is 11.2 Å². The molecule has 1 saturated heterocycles. The molecule has 0 radical (unpaired) electrons. The van der Waals surface area contributed by atoms with Gasteiger partial charge in [0.2, 0.25) is 0 Å². The number of thiophene rings is 1. The highest BCUT2D eigenvalue weighted by molar-refractivity contribution is 7.23. The Morgan fingerprint density at radius 1 is 1.11 bits per heavy atom.